The fourth-order valence-corrected chi connectivity index (χ4v) is 3.28. The number of benzene rings is 1. The van der Waals surface area contributed by atoms with E-state index in [0.717, 1.165) is 5.39 Å². The zero-order chi connectivity index (χ0) is 19.0. The highest BCUT2D eigenvalue weighted by atomic mass is 35.5. The number of nitrogens with two attached hydrogens (primary N) is 1. The van der Waals surface area contributed by atoms with E-state index in [9.17, 15) is 0 Å². The standard InChI is InChI=1S/C17H17Cl2N5O2/c1-24(2)16-15-8(7-21-17(20)23-15)5-9(22-16)12-13(18)10(25-3)6-11(26-4)14(12)19/h5-7H,1-4H3,(H2,20,21,23). The Labute approximate surface area is 160 Å². The molecule has 2 heterocycles. The van der Waals surface area contributed by atoms with Crippen molar-refractivity contribution < 1.29 is 9.47 Å². The van der Waals surface area contributed by atoms with Crippen LogP contribution in [-0.4, -0.2) is 43.3 Å². The lowest BCUT2D eigenvalue weighted by Gasteiger charge is -2.18. The third kappa shape index (κ3) is 3.04. The minimum Gasteiger partial charge on any atom is -0.495 e. The van der Waals surface area contributed by atoms with E-state index in [1.165, 1.54) is 14.2 Å². The lowest BCUT2D eigenvalue weighted by Crippen LogP contribution is -2.13. The molecule has 0 saturated heterocycles. The summed E-state index contributed by atoms with van der Waals surface area (Å²) in [5.41, 5.74) is 7.40. The summed E-state index contributed by atoms with van der Waals surface area (Å²) in [4.78, 5) is 14.9. The second kappa shape index (κ2) is 7.01. The summed E-state index contributed by atoms with van der Waals surface area (Å²) < 4.78 is 10.7. The predicted octanol–water partition coefficient (Wildman–Crippen LogP) is 3.66. The van der Waals surface area contributed by atoms with Crippen molar-refractivity contribution in [3.8, 4) is 22.8 Å². The minimum atomic E-state index is 0.175. The highest BCUT2D eigenvalue weighted by Crippen LogP contribution is 2.46. The van der Waals surface area contributed by atoms with Crippen LogP contribution >= 0.6 is 23.2 Å². The average molecular weight is 394 g/mol. The van der Waals surface area contributed by atoms with Gasteiger partial charge in [0.2, 0.25) is 5.95 Å². The lowest BCUT2D eigenvalue weighted by atomic mass is 10.1. The van der Waals surface area contributed by atoms with E-state index in [-0.39, 0.29) is 5.95 Å². The molecule has 0 bridgehead atoms. The molecule has 0 spiro atoms. The Bertz CT molecular complexity index is 967. The number of nitrogen functional groups attached to an aromatic ring is 1. The molecule has 0 unspecified atom stereocenters. The van der Waals surface area contributed by atoms with Gasteiger partial charge in [0.15, 0.2) is 5.82 Å². The molecule has 0 aliphatic rings. The van der Waals surface area contributed by atoms with Crippen LogP contribution in [0.25, 0.3) is 22.2 Å². The van der Waals surface area contributed by atoms with Gasteiger partial charge in [0.25, 0.3) is 0 Å². The van der Waals surface area contributed by atoms with Crippen molar-refractivity contribution in [1.29, 1.82) is 0 Å². The SMILES string of the molecule is COc1cc(OC)c(Cl)c(-c2cc3cnc(N)nc3c(N(C)C)n2)c1Cl. The Hall–Kier alpha value is -2.51. The maximum atomic E-state index is 6.52. The molecule has 2 N–H and O–H groups in total. The fourth-order valence-electron chi connectivity index (χ4n) is 2.59. The Kier molecular flexibility index (Phi) is 4.93. The van der Waals surface area contributed by atoms with Crippen LogP contribution in [-0.2, 0) is 0 Å². The van der Waals surface area contributed by atoms with E-state index in [4.69, 9.17) is 38.4 Å². The van der Waals surface area contributed by atoms with Gasteiger partial charge in [-0.3, -0.25) is 0 Å². The first-order chi connectivity index (χ1) is 12.4. The van der Waals surface area contributed by atoms with Crippen LogP contribution in [0.15, 0.2) is 18.3 Å². The first-order valence-electron chi connectivity index (χ1n) is 7.58. The van der Waals surface area contributed by atoms with Crippen LogP contribution in [0.2, 0.25) is 10.0 Å². The molecule has 0 fully saturated rings. The molecule has 3 rings (SSSR count). The number of hydrogen-bond donors (Lipinski definition) is 1. The molecule has 136 valence electrons. The quantitative estimate of drug-likeness (QED) is 0.723. The number of anilines is 2. The molecular weight excluding hydrogens is 377 g/mol. The number of methoxy groups -OCH3 is 2. The summed E-state index contributed by atoms with van der Waals surface area (Å²) in [5, 5.41) is 1.43. The van der Waals surface area contributed by atoms with Crippen LogP contribution < -0.4 is 20.1 Å². The number of hydrogen-bond acceptors (Lipinski definition) is 7. The summed E-state index contributed by atoms with van der Waals surface area (Å²) in [6.07, 6.45) is 1.63. The smallest absolute Gasteiger partial charge is 0.220 e. The second-order valence-corrected chi connectivity index (χ2v) is 6.43. The monoisotopic (exact) mass is 393 g/mol. The van der Waals surface area contributed by atoms with Crippen molar-refractivity contribution in [3.63, 3.8) is 0 Å². The van der Waals surface area contributed by atoms with Crippen LogP contribution in [0.4, 0.5) is 11.8 Å². The van der Waals surface area contributed by atoms with Crippen LogP contribution in [0, 0.1) is 0 Å². The first kappa shape index (κ1) is 18.3. The van der Waals surface area contributed by atoms with Gasteiger partial charge in [-0.15, -0.1) is 0 Å². The Morgan fingerprint density at radius 3 is 2.15 bits per heavy atom. The highest BCUT2D eigenvalue weighted by molar-refractivity contribution is 6.41. The Morgan fingerprint density at radius 2 is 1.62 bits per heavy atom. The molecule has 0 atom stereocenters. The largest absolute Gasteiger partial charge is 0.495 e. The van der Waals surface area contributed by atoms with Crippen LogP contribution in [0.3, 0.4) is 0 Å². The summed E-state index contributed by atoms with van der Waals surface area (Å²) in [6.45, 7) is 0. The van der Waals surface area contributed by atoms with Gasteiger partial charge in [-0.1, -0.05) is 23.2 Å². The molecule has 0 amide bonds. The van der Waals surface area contributed by atoms with Gasteiger partial charge in [-0.05, 0) is 6.07 Å². The normalized spacial score (nSPS) is 10.8. The van der Waals surface area contributed by atoms with Crippen molar-refractivity contribution in [1.82, 2.24) is 15.0 Å². The minimum absolute atomic E-state index is 0.175. The average Bonchev–Trinajstić information content (AvgIpc) is 2.61. The summed E-state index contributed by atoms with van der Waals surface area (Å²) in [5.74, 6) is 1.66. The third-order valence-electron chi connectivity index (χ3n) is 3.82. The van der Waals surface area contributed by atoms with E-state index in [2.05, 4.69) is 15.0 Å². The van der Waals surface area contributed by atoms with Gasteiger partial charge in [0.1, 0.15) is 17.0 Å². The molecule has 2 aromatic heterocycles. The van der Waals surface area contributed by atoms with Gasteiger partial charge in [0.05, 0.1) is 30.0 Å². The van der Waals surface area contributed by atoms with Gasteiger partial charge in [0, 0.05) is 37.3 Å². The number of halogens is 2. The van der Waals surface area contributed by atoms with Crippen molar-refractivity contribution in [2.45, 2.75) is 0 Å². The van der Waals surface area contributed by atoms with Gasteiger partial charge >= 0.3 is 0 Å². The van der Waals surface area contributed by atoms with E-state index >= 15 is 0 Å². The molecule has 7 nitrogen and oxygen atoms in total. The molecule has 0 saturated carbocycles. The predicted molar refractivity (Wildman–Crippen MR) is 105 cm³/mol. The molecule has 0 radical (unpaired) electrons. The Morgan fingerprint density at radius 1 is 1.00 bits per heavy atom. The van der Waals surface area contributed by atoms with Crippen molar-refractivity contribution in [2.75, 3.05) is 38.9 Å². The number of aromatic nitrogens is 3. The lowest BCUT2D eigenvalue weighted by molar-refractivity contribution is 0.395. The van der Waals surface area contributed by atoms with Gasteiger partial charge < -0.3 is 20.1 Å². The van der Waals surface area contributed by atoms with Crippen molar-refractivity contribution in [3.05, 3.63) is 28.4 Å². The number of fused-ring (bicyclic) bond motifs is 1. The van der Waals surface area contributed by atoms with Crippen molar-refractivity contribution >= 4 is 45.9 Å². The summed E-state index contributed by atoms with van der Waals surface area (Å²) >= 11 is 13.0. The van der Waals surface area contributed by atoms with E-state index in [0.29, 0.717) is 44.1 Å². The summed E-state index contributed by atoms with van der Waals surface area (Å²) in [7, 11) is 6.76. The van der Waals surface area contributed by atoms with Gasteiger partial charge in [-0.25, -0.2) is 15.0 Å². The molecule has 0 aliphatic carbocycles. The molecule has 26 heavy (non-hydrogen) atoms. The topological polar surface area (TPSA) is 86.4 Å². The molecule has 0 aliphatic heterocycles. The molecule has 1 aromatic carbocycles. The van der Waals surface area contributed by atoms with Crippen molar-refractivity contribution in [2.24, 2.45) is 0 Å². The van der Waals surface area contributed by atoms with Gasteiger partial charge in [-0.2, -0.15) is 0 Å². The summed E-state index contributed by atoms with van der Waals surface area (Å²) in [6, 6.07) is 3.43. The number of nitrogens with zero attached hydrogens (tertiary/aromatic N) is 4. The highest BCUT2D eigenvalue weighted by Gasteiger charge is 2.21. The van der Waals surface area contributed by atoms with E-state index in [1.807, 2.05) is 19.0 Å². The zero-order valence-electron chi connectivity index (χ0n) is 14.7. The maximum Gasteiger partial charge on any atom is 0.220 e. The number of ether oxygens (including phenoxy) is 2. The second-order valence-electron chi connectivity index (χ2n) is 5.68. The number of rotatable bonds is 4. The fraction of sp³-hybridized carbons (Fsp3) is 0.235. The molecule has 3 aromatic rings. The Balaban J connectivity index is 2.38. The third-order valence-corrected chi connectivity index (χ3v) is 4.57. The van der Waals surface area contributed by atoms with Crippen LogP contribution in [0.5, 0.6) is 11.5 Å². The maximum absolute atomic E-state index is 6.52. The van der Waals surface area contributed by atoms with E-state index in [1.54, 1.807) is 18.3 Å². The molecule has 9 heteroatoms. The first-order valence-corrected chi connectivity index (χ1v) is 8.33. The van der Waals surface area contributed by atoms with Crippen LogP contribution in [0.1, 0.15) is 0 Å². The zero-order valence-corrected chi connectivity index (χ0v) is 16.2. The van der Waals surface area contributed by atoms with E-state index < -0.39 is 0 Å². The number of pyridine rings is 1. The molecular formula is C17H17Cl2N5O2.